The molecule has 10 aromatic rings. The summed E-state index contributed by atoms with van der Waals surface area (Å²) in [7, 11) is 0. The van der Waals surface area contributed by atoms with Gasteiger partial charge in [0.2, 0.25) is 0 Å². The van der Waals surface area contributed by atoms with Gasteiger partial charge in [-0.2, -0.15) is 0 Å². The van der Waals surface area contributed by atoms with Crippen LogP contribution in [-0.4, -0.2) is 0 Å². The van der Waals surface area contributed by atoms with Gasteiger partial charge in [-0.25, -0.2) is 0 Å². The smallest absolute Gasteiger partial charge is 0.0159 e. The Morgan fingerprint density at radius 1 is 0.215 bits per heavy atom. The van der Waals surface area contributed by atoms with Crippen LogP contribution < -0.4 is 0 Å². The first kappa shape index (κ1) is 38.2. The summed E-state index contributed by atoms with van der Waals surface area (Å²) in [6.45, 7) is 14.4. The molecule has 0 fully saturated rings. The van der Waals surface area contributed by atoms with E-state index < -0.39 is 0 Å². The molecule has 0 atom stereocenters. The minimum atomic E-state index is -0.215. The molecule has 0 saturated heterocycles. The van der Waals surface area contributed by atoms with Crippen molar-refractivity contribution in [2.24, 2.45) is 0 Å². The summed E-state index contributed by atoms with van der Waals surface area (Å²) in [4.78, 5) is 0. The lowest BCUT2D eigenvalue weighted by molar-refractivity contribution is 0.660. The van der Waals surface area contributed by atoms with E-state index in [1.807, 2.05) is 0 Å². The molecule has 0 saturated carbocycles. The van der Waals surface area contributed by atoms with Gasteiger partial charge < -0.3 is 0 Å². The predicted octanol–water partition coefficient (Wildman–Crippen LogP) is 17.6. The Balaban J connectivity index is 1.06. The van der Waals surface area contributed by atoms with E-state index in [-0.39, 0.29) is 16.2 Å². The molecule has 0 spiro atoms. The molecule has 0 bridgehead atoms. The van der Waals surface area contributed by atoms with Crippen molar-refractivity contribution >= 4 is 21.5 Å². The zero-order chi connectivity index (χ0) is 44.0. The van der Waals surface area contributed by atoms with Crippen LogP contribution in [0.1, 0.15) is 74.9 Å². The molecule has 0 nitrogen and oxygen atoms in total. The Bertz CT molecular complexity index is 3650. The van der Waals surface area contributed by atoms with E-state index >= 15 is 0 Å². The van der Waals surface area contributed by atoms with Crippen LogP contribution in [0.4, 0.5) is 0 Å². The lowest BCUT2D eigenvalue weighted by atomic mass is 9.77. The summed E-state index contributed by atoms with van der Waals surface area (Å²) >= 11 is 0. The van der Waals surface area contributed by atoms with Gasteiger partial charge >= 0.3 is 0 Å². The van der Waals surface area contributed by atoms with Crippen LogP contribution in [0.15, 0.2) is 194 Å². The molecule has 0 amide bonds. The molecule has 0 aliphatic heterocycles. The molecule has 13 rings (SSSR count). The Morgan fingerprint density at radius 2 is 0.554 bits per heavy atom. The average molecular weight is 831 g/mol. The highest BCUT2D eigenvalue weighted by Gasteiger charge is 2.39. The van der Waals surface area contributed by atoms with Crippen molar-refractivity contribution in [3.63, 3.8) is 0 Å². The molecule has 65 heavy (non-hydrogen) atoms. The van der Waals surface area contributed by atoms with Gasteiger partial charge in [0, 0.05) is 16.2 Å². The molecule has 0 unspecified atom stereocenters. The second-order valence-corrected chi connectivity index (χ2v) is 20.4. The first-order valence-corrected chi connectivity index (χ1v) is 23.3. The largest absolute Gasteiger partial charge is 0.0622 e. The third-order valence-electron chi connectivity index (χ3n) is 15.9. The van der Waals surface area contributed by atoms with E-state index in [4.69, 9.17) is 0 Å². The van der Waals surface area contributed by atoms with Crippen molar-refractivity contribution in [2.75, 3.05) is 0 Å². The molecule has 0 aromatic heterocycles. The zero-order valence-electron chi connectivity index (χ0n) is 38.0. The van der Waals surface area contributed by atoms with Crippen LogP contribution in [0.25, 0.3) is 99.4 Å². The summed E-state index contributed by atoms with van der Waals surface area (Å²) in [5.41, 5.74) is 26.2. The van der Waals surface area contributed by atoms with Gasteiger partial charge in [-0.05, 0) is 163 Å². The molecule has 0 heterocycles. The first-order valence-electron chi connectivity index (χ1n) is 23.3. The quantitative estimate of drug-likeness (QED) is 0.155. The van der Waals surface area contributed by atoms with Gasteiger partial charge in [-0.15, -0.1) is 0 Å². The summed E-state index contributed by atoms with van der Waals surface area (Å²) in [6.07, 6.45) is 0. The summed E-state index contributed by atoms with van der Waals surface area (Å²) in [5, 5.41) is 5.20. The van der Waals surface area contributed by atoms with Gasteiger partial charge in [-0.3, -0.25) is 0 Å². The SMILES string of the molecule is CC1(C)c2ccccc2-c2ccc(-c3c4ccccc4c(-c4ccc5c(c4)C(C)(C)c4ccccc4-5)c4cc5c(cc34)-c3ccc(-c4ccc(-c6ccccc6)cc4)cc3C5(C)C)cc21. The van der Waals surface area contributed by atoms with E-state index in [9.17, 15) is 0 Å². The highest BCUT2D eigenvalue weighted by Crippen LogP contribution is 2.57. The number of rotatable bonds is 4. The van der Waals surface area contributed by atoms with E-state index in [2.05, 4.69) is 236 Å². The van der Waals surface area contributed by atoms with Gasteiger partial charge in [0.05, 0.1) is 0 Å². The highest BCUT2D eigenvalue weighted by atomic mass is 14.4. The number of fused-ring (bicyclic) bond motifs is 11. The zero-order valence-corrected chi connectivity index (χ0v) is 38.0. The summed E-state index contributed by atoms with van der Waals surface area (Å²) in [6, 6.07) is 73.9. The van der Waals surface area contributed by atoms with Gasteiger partial charge in [-0.1, -0.05) is 205 Å². The third kappa shape index (κ3) is 5.32. The van der Waals surface area contributed by atoms with Crippen LogP contribution in [-0.2, 0) is 16.2 Å². The van der Waals surface area contributed by atoms with Gasteiger partial charge in [0.15, 0.2) is 0 Å². The lowest BCUT2D eigenvalue weighted by Gasteiger charge is -2.25. The molecule has 10 aromatic carbocycles. The normalized spacial score (nSPS) is 15.3. The van der Waals surface area contributed by atoms with Crippen molar-refractivity contribution in [1.29, 1.82) is 0 Å². The fourth-order valence-corrected chi connectivity index (χ4v) is 12.4. The molecule has 0 radical (unpaired) electrons. The van der Waals surface area contributed by atoms with Crippen LogP contribution in [0.3, 0.4) is 0 Å². The number of hydrogen-bond acceptors (Lipinski definition) is 0. The maximum absolute atomic E-state index is 2.59. The van der Waals surface area contributed by atoms with E-state index in [0.29, 0.717) is 0 Å². The third-order valence-corrected chi connectivity index (χ3v) is 15.9. The van der Waals surface area contributed by atoms with E-state index in [0.717, 1.165) is 0 Å². The lowest BCUT2D eigenvalue weighted by Crippen LogP contribution is -2.15. The Kier molecular flexibility index (Phi) is 7.86. The van der Waals surface area contributed by atoms with Crippen LogP contribution in [0.2, 0.25) is 0 Å². The minimum absolute atomic E-state index is 0.104. The fourth-order valence-electron chi connectivity index (χ4n) is 12.4. The summed E-state index contributed by atoms with van der Waals surface area (Å²) in [5.74, 6) is 0. The van der Waals surface area contributed by atoms with Crippen molar-refractivity contribution in [3.8, 4) is 77.9 Å². The minimum Gasteiger partial charge on any atom is -0.0622 e. The second-order valence-electron chi connectivity index (χ2n) is 20.4. The molecule has 0 N–H and O–H groups in total. The van der Waals surface area contributed by atoms with Crippen molar-refractivity contribution < 1.29 is 0 Å². The van der Waals surface area contributed by atoms with Crippen LogP contribution in [0.5, 0.6) is 0 Å². The fraction of sp³-hybridized carbons (Fsp3) is 0.138. The maximum atomic E-state index is 2.59. The maximum Gasteiger partial charge on any atom is 0.0159 e. The molecular formula is C65H50. The van der Waals surface area contributed by atoms with Gasteiger partial charge in [0.1, 0.15) is 0 Å². The highest BCUT2D eigenvalue weighted by molar-refractivity contribution is 6.23. The molecule has 310 valence electrons. The predicted molar refractivity (Wildman–Crippen MR) is 276 cm³/mol. The monoisotopic (exact) mass is 830 g/mol. The standard InChI is InChI=1S/C65H50/c1-63(2)55-22-14-12-18-45(55)47-32-29-43(35-58(47)63)61-50-20-10-11-21-51(50)62(44-30-33-48-46-19-13-15-23-56(46)64(3,4)59(48)36-44)54-38-60-52(37-53(54)61)49-31-28-42(34-57(49)65(60,5)6)41-26-24-40(25-27-41)39-16-8-7-9-17-39/h7-38H,1-6H3. The molecule has 3 aliphatic carbocycles. The van der Waals surface area contributed by atoms with Crippen molar-refractivity contribution in [3.05, 3.63) is 228 Å². The second kappa shape index (κ2) is 13.4. The topological polar surface area (TPSA) is 0 Å². The van der Waals surface area contributed by atoms with Gasteiger partial charge in [0.25, 0.3) is 0 Å². The van der Waals surface area contributed by atoms with Crippen molar-refractivity contribution in [1.82, 2.24) is 0 Å². The number of benzene rings is 10. The Morgan fingerprint density at radius 3 is 1.09 bits per heavy atom. The first-order chi connectivity index (χ1) is 31.5. The van der Waals surface area contributed by atoms with E-state index in [1.165, 1.54) is 133 Å². The average Bonchev–Trinajstić information content (AvgIpc) is 3.81. The Hall–Kier alpha value is -7.28. The number of hydrogen-bond donors (Lipinski definition) is 0. The molecular weight excluding hydrogens is 781 g/mol. The molecule has 3 aliphatic rings. The summed E-state index contributed by atoms with van der Waals surface area (Å²) < 4.78 is 0. The molecule has 0 heteroatoms. The van der Waals surface area contributed by atoms with E-state index in [1.54, 1.807) is 0 Å². The Labute approximate surface area is 382 Å². The van der Waals surface area contributed by atoms with Crippen molar-refractivity contribution in [2.45, 2.75) is 57.8 Å². The van der Waals surface area contributed by atoms with Crippen LogP contribution >= 0.6 is 0 Å². The van der Waals surface area contributed by atoms with Crippen LogP contribution in [0, 0.1) is 0 Å².